The lowest BCUT2D eigenvalue weighted by atomic mass is 9.98. The summed E-state index contributed by atoms with van der Waals surface area (Å²) in [5.41, 5.74) is 14.9. The van der Waals surface area contributed by atoms with Gasteiger partial charge in [0.15, 0.2) is 5.84 Å². The van der Waals surface area contributed by atoms with Crippen LogP contribution < -0.4 is 17.3 Å². The molecule has 0 amide bonds. The maximum atomic E-state index is 12.4. The molecule has 2 aromatic carbocycles. The monoisotopic (exact) mass is 316 g/mol. The van der Waals surface area contributed by atoms with Crippen molar-refractivity contribution in [1.82, 2.24) is 0 Å². The highest BCUT2D eigenvalue weighted by Gasteiger charge is 2.17. The topological polar surface area (TPSA) is 107 Å². The highest BCUT2D eigenvalue weighted by molar-refractivity contribution is 7.99. The van der Waals surface area contributed by atoms with Crippen molar-refractivity contribution in [3.63, 3.8) is 0 Å². The van der Waals surface area contributed by atoms with Gasteiger partial charge in [-0.15, -0.1) is 0 Å². The lowest BCUT2D eigenvalue weighted by Gasteiger charge is -2.15. The van der Waals surface area contributed by atoms with Gasteiger partial charge in [0.05, 0.1) is 0 Å². The Balaban J connectivity index is 2.75. The van der Waals surface area contributed by atoms with Crippen LogP contribution in [-0.4, -0.2) is 22.2 Å². The molecule has 0 heterocycles. The number of benzene rings is 2. The van der Waals surface area contributed by atoms with Crippen LogP contribution >= 0.6 is 0 Å². The van der Waals surface area contributed by atoms with Gasteiger partial charge in [0.1, 0.15) is 0 Å². The first-order valence-electron chi connectivity index (χ1n) is 6.67. The van der Waals surface area contributed by atoms with Crippen molar-refractivity contribution >= 4 is 21.2 Å². The average Bonchev–Trinajstić information content (AvgIpc) is 2.52. The molecule has 1 atom stereocenters. The summed E-state index contributed by atoms with van der Waals surface area (Å²) in [5, 5.41) is 3.57. The van der Waals surface area contributed by atoms with Crippen molar-refractivity contribution in [3.8, 4) is 11.1 Å². The van der Waals surface area contributed by atoms with Crippen LogP contribution in [0.5, 0.6) is 0 Å². The molecule has 116 valence electrons. The van der Waals surface area contributed by atoms with Crippen LogP contribution in [0.2, 0.25) is 0 Å². The minimum absolute atomic E-state index is 0.131. The minimum Gasteiger partial charge on any atom is -0.382 e. The van der Waals surface area contributed by atoms with Gasteiger partial charge in [0.25, 0.3) is 0 Å². The van der Waals surface area contributed by atoms with E-state index in [1.807, 2.05) is 36.4 Å². The second-order valence-electron chi connectivity index (χ2n) is 5.10. The molecule has 5 nitrogen and oxygen atoms in total. The summed E-state index contributed by atoms with van der Waals surface area (Å²) in [6.45, 7) is 0.473. The summed E-state index contributed by atoms with van der Waals surface area (Å²) in [4.78, 5) is 0.541. The fourth-order valence-corrected chi connectivity index (χ4v) is 3.29. The van der Waals surface area contributed by atoms with E-state index in [0.717, 1.165) is 16.7 Å². The second-order valence-corrected chi connectivity index (χ2v) is 7.55. The highest BCUT2D eigenvalue weighted by Crippen LogP contribution is 2.29. The molecule has 6 heteroatoms. The standard InChI is InChI=1S/C16H20N4OS/c1-22(2,21)14-5-3-4-13(15(14)16(18)20-19)12-8-6-11(10-17)7-9-12/h3-9H,1,10,17,19H2,2H3,(H2,18,20). The quantitative estimate of drug-likeness (QED) is 0.258. The molecular weight excluding hydrogens is 296 g/mol. The molecule has 0 fully saturated rings. The molecule has 0 aliphatic rings. The van der Waals surface area contributed by atoms with Crippen LogP contribution in [0.25, 0.3) is 11.1 Å². The molecule has 0 bridgehead atoms. The van der Waals surface area contributed by atoms with E-state index in [0.29, 0.717) is 17.0 Å². The normalized spacial score (nSPS) is 14.5. The number of amidine groups is 1. The summed E-state index contributed by atoms with van der Waals surface area (Å²) in [6.07, 6.45) is 1.57. The fourth-order valence-electron chi connectivity index (χ4n) is 2.28. The Morgan fingerprint density at radius 2 is 1.86 bits per heavy atom. The first kappa shape index (κ1) is 16.1. The van der Waals surface area contributed by atoms with Gasteiger partial charge in [0.2, 0.25) is 0 Å². The van der Waals surface area contributed by atoms with Crippen molar-refractivity contribution in [3.05, 3.63) is 53.6 Å². The SMILES string of the molecule is C=S(C)(=O)c1cccc(-c2ccc(CN)cc2)c1/C(N)=N/N. The maximum absolute atomic E-state index is 12.4. The Morgan fingerprint density at radius 1 is 1.23 bits per heavy atom. The van der Waals surface area contributed by atoms with Crippen LogP contribution in [0.4, 0.5) is 0 Å². The largest absolute Gasteiger partial charge is 0.382 e. The first-order chi connectivity index (χ1) is 10.4. The van der Waals surface area contributed by atoms with Crippen molar-refractivity contribution in [2.75, 3.05) is 6.26 Å². The molecule has 0 aromatic heterocycles. The van der Waals surface area contributed by atoms with Gasteiger partial charge in [-0.3, -0.25) is 4.21 Å². The van der Waals surface area contributed by atoms with Gasteiger partial charge in [-0.25, -0.2) is 0 Å². The van der Waals surface area contributed by atoms with E-state index < -0.39 is 9.52 Å². The summed E-state index contributed by atoms with van der Waals surface area (Å²) in [5.74, 6) is 9.21. The lowest BCUT2D eigenvalue weighted by Crippen LogP contribution is -2.20. The highest BCUT2D eigenvalue weighted by atomic mass is 32.2. The van der Waals surface area contributed by atoms with Crippen LogP contribution in [0.15, 0.2) is 52.5 Å². The Morgan fingerprint density at radius 3 is 2.36 bits per heavy atom. The van der Waals surface area contributed by atoms with Gasteiger partial charge in [0, 0.05) is 23.3 Å². The third kappa shape index (κ3) is 3.13. The molecule has 22 heavy (non-hydrogen) atoms. The van der Waals surface area contributed by atoms with Crippen LogP contribution in [0.3, 0.4) is 0 Å². The van der Waals surface area contributed by atoms with Gasteiger partial charge in [-0.05, 0) is 38.1 Å². The number of hydrogen-bond acceptors (Lipinski definition) is 4. The molecular formula is C16H20N4OS. The lowest BCUT2D eigenvalue weighted by molar-refractivity contribution is 0.685. The number of hydrazone groups is 1. The van der Waals surface area contributed by atoms with Crippen molar-refractivity contribution in [2.45, 2.75) is 11.4 Å². The zero-order valence-corrected chi connectivity index (χ0v) is 13.3. The molecule has 0 spiro atoms. The van der Waals surface area contributed by atoms with Gasteiger partial charge < -0.3 is 17.3 Å². The Hall–Kier alpha value is -2.31. The Kier molecular flexibility index (Phi) is 4.54. The molecule has 2 aromatic rings. The summed E-state index contributed by atoms with van der Waals surface area (Å²) < 4.78 is 12.4. The van der Waals surface area contributed by atoms with E-state index >= 15 is 0 Å². The smallest absolute Gasteiger partial charge is 0.152 e. The summed E-state index contributed by atoms with van der Waals surface area (Å²) >= 11 is 0. The predicted molar refractivity (Wildman–Crippen MR) is 94.1 cm³/mol. The van der Waals surface area contributed by atoms with E-state index in [9.17, 15) is 4.21 Å². The third-order valence-electron chi connectivity index (χ3n) is 3.39. The first-order valence-corrected chi connectivity index (χ1v) is 8.80. The molecule has 0 aliphatic heterocycles. The number of nitrogens with zero attached hydrogens (tertiary/aromatic N) is 1. The Bertz CT molecular complexity index is 809. The molecule has 0 saturated heterocycles. The number of hydrogen-bond donors (Lipinski definition) is 3. The third-order valence-corrected chi connectivity index (χ3v) is 4.66. The van der Waals surface area contributed by atoms with Crippen LogP contribution in [0, 0.1) is 0 Å². The molecule has 2 rings (SSSR count). The van der Waals surface area contributed by atoms with E-state index in [1.165, 1.54) is 0 Å². The maximum Gasteiger partial charge on any atom is 0.152 e. The van der Waals surface area contributed by atoms with E-state index in [2.05, 4.69) is 11.0 Å². The van der Waals surface area contributed by atoms with E-state index in [1.54, 1.807) is 12.3 Å². The zero-order valence-electron chi connectivity index (χ0n) is 12.5. The predicted octanol–water partition coefficient (Wildman–Crippen LogP) is 1.10. The number of rotatable bonds is 4. The average molecular weight is 316 g/mol. The molecule has 6 N–H and O–H groups in total. The van der Waals surface area contributed by atoms with Gasteiger partial charge in [-0.1, -0.05) is 36.4 Å². The zero-order chi connectivity index (χ0) is 16.3. The molecule has 0 radical (unpaired) electrons. The molecule has 0 aliphatic carbocycles. The van der Waals surface area contributed by atoms with Crippen LogP contribution in [-0.2, 0) is 16.1 Å². The van der Waals surface area contributed by atoms with Crippen molar-refractivity contribution in [2.24, 2.45) is 22.4 Å². The molecule has 0 saturated carbocycles. The minimum atomic E-state index is -2.47. The summed E-state index contributed by atoms with van der Waals surface area (Å²) in [6, 6.07) is 13.2. The second kappa shape index (κ2) is 6.21. The molecule has 1 unspecified atom stereocenters. The van der Waals surface area contributed by atoms with Crippen molar-refractivity contribution in [1.29, 1.82) is 0 Å². The van der Waals surface area contributed by atoms with E-state index in [4.69, 9.17) is 17.3 Å². The van der Waals surface area contributed by atoms with Gasteiger partial charge in [-0.2, -0.15) is 5.10 Å². The van der Waals surface area contributed by atoms with Gasteiger partial charge >= 0.3 is 0 Å². The van der Waals surface area contributed by atoms with Crippen molar-refractivity contribution < 1.29 is 4.21 Å². The number of nitrogens with two attached hydrogens (primary N) is 3. The van der Waals surface area contributed by atoms with Crippen LogP contribution in [0.1, 0.15) is 11.1 Å². The Labute approximate surface area is 130 Å². The van der Waals surface area contributed by atoms with E-state index in [-0.39, 0.29) is 5.84 Å². The fraction of sp³-hybridized carbons (Fsp3) is 0.125. The summed E-state index contributed by atoms with van der Waals surface area (Å²) in [7, 11) is -2.47.